The zero-order valence-corrected chi connectivity index (χ0v) is 10.1. The van der Waals surface area contributed by atoms with E-state index in [-0.39, 0.29) is 23.1 Å². The molecule has 0 saturated carbocycles. The van der Waals surface area contributed by atoms with Gasteiger partial charge in [-0.2, -0.15) is 0 Å². The van der Waals surface area contributed by atoms with Crippen LogP contribution < -0.4 is 10.5 Å². The molecule has 0 amide bonds. The van der Waals surface area contributed by atoms with Crippen LogP contribution in [0.15, 0.2) is 18.2 Å². The molecule has 0 radical (unpaired) electrons. The molecule has 0 bridgehead atoms. The topological polar surface area (TPSA) is 92.4 Å². The van der Waals surface area contributed by atoms with Crippen LogP contribution in [0.3, 0.4) is 0 Å². The van der Waals surface area contributed by atoms with Crippen LogP contribution in [-0.2, 0) is 10.0 Å². The second kappa shape index (κ2) is 4.61. The fraction of sp³-hybridized carbons (Fsp3) is 0.400. The van der Waals surface area contributed by atoms with Crippen LogP contribution in [0.4, 0.5) is 11.4 Å². The summed E-state index contributed by atoms with van der Waals surface area (Å²) in [5.74, 6) is 0.0768. The van der Waals surface area contributed by atoms with Gasteiger partial charge >= 0.3 is 0 Å². The number of nitrogens with two attached hydrogens (primary N) is 1. The molecule has 5 nitrogen and oxygen atoms in total. The molecule has 0 aliphatic carbocycles. The van der Waals surface area contributed by atoms with Crippen molar-refractivity contribution in [3.8, 4) is 5.75 Å². The third kappa shape index (κ3) is 3.62. The second-order valence-electron chi connectivity index (χ2n) is 4.05. The third-order valence-electron chi connectivity index (χ3n) is 1.85. The molecule has 0 aliphatic heterocycles. The highest BCUT2D eigenvalue weighted by Gasteiger charge is 2.14. The summed E-state index contributed by atoms with van der Waals surface area (Å²) in [4.78, 5) is 0. The normalized spacial score (nSPS) is 11.7. The molecular formula is C10H16N2O3S. The van der Waals surface area contributed by atoms with Gasteiger partial charge in [0.15, 0.2) is 0 Å². The van der Waals surface area contributed by atoms with Gasteiger partial charge < -0.3 is 10.8 Å². The minimum atomic E-state index is -3.38. The SMILES string of the molecule is CC(C)CS(=O)(=O)Nc1ccc(O)cc1N. The van der Waals surface area contributed by atoms with Crippen LogP contribution in [-0.4, -0.2) is 19.3 Å². The minimum Gasteiger partial charge on any atom is -0.508 e. The van der Waals surface area contributed by atoms with E-state index in [0.717, 1.165) is 0 Å². The standard InChI is InChI=1S/C10H16N2O3S/c1-7(2)6-16(14,15)12-10-4-3-8(13)5-9(10)11/h3-5,7,12-13H,6,11H2,1-2H3. The first-order valence-electron chi connectivity index (χ1n) is 4.89. The number of anilines is 2. The molecule has 1 aromatic carbocycles. The summed E-state index contributed by atoms with van der Waals surface area (Å²) in [5, 5.41) is 9.12. The lowest BCUT2D eigenvalue weighted by molar-refractivity contribution is 0.475. The largest absolute Gasteiger partial charge is 0.508 e. The number of benzene rings is 1. The lowest BCUT2D eigenvalue weighted by Crippen LogP contribution is -2.20. The average Bonchev–Trinajstić information content (AvgIpc) is 2.07. The predicted octanol–water partition coefficient (Wildman–Crippen LogP) is 1.37. The molecule has 6 heteroatoms. The van der Waals surface area contributed by atoms with Gasteiger partial charge in [0.2, 0.25) is 10.0 Å². The fourth-order valence-electron chi connectivity index (χ4n) is 1.29. The number of nitrogen functional groups attached to an aromatic ring is 1. The molecule has 0 heterocycles. The molecular weight excluding hydrogens is 228 g/mol. The van der Waals surface area contributed by atoms with Gasteiger partial charge in [-0.1, -0.05) is 13.8 Å². The van der Waals surface area contributed by atoms with Crippen LogP contribution in [0.5, 0.6) is 5.75 Å². The number of hydrogen-bond donors (Lipinski definition) is 3. The van der Waals surface area contributed by atoms with Gasteiger partial charge in [-0.15, -0.1) is 0 Å². The van der Waals surface area contributed by atoms with Crippen molar-refractivity contribution in [2.24, 2.45) is 5.92 Å². The Bertz CT molecular complexity index is 469. The van der Waals surface area contributed by atoms with Crippen LogP contribution in [0, 0.1) is 5.92 Å². The number of sulfonamides is 1. The summed E-state index contributed by atoms with van der Waals surface area (Å²) in [7, 11) is -3.38. The van der Waals surface area contributed by atoms with Gasteiger partial charge in [0.1, 0.15) is 5.75 Å². The van der Waals surface area contributed by atoms with E-state index in [9.17, 15) is 8.42 Å². The van der Waals surface area contributed by atoms with Crippen molar-refractivity contribution >= 4 is 21.4 Å². The highest BCUT2D eigenvalue weighted by Crippen LogP contribution is 2.24. The Morgan fingerprint density at radius 2 is 2.06 bits per heavy atom. The smallest absolute Gasteiger partial charge is 0.233 e. The zero-order valence-electron chi connectivity index (χ0n) is 9.27. The molecule has 0 fully saturated rings. The maximum atomic E-state index is 11.6. The van der Waals surface area contributed by atoms with E-state index in [0.29, 0.717) is 5.69 Å². The lowest BCUT2D eigenvalue weighted by atomic mass is 10.2. The highest BCUT2D eigenvalue weighted by molar-refractivity contribution is 7.92. The van der Waals surface area contributed by atoms with Crippen LogP contribution in [0.25, 0.3) is 0 Å². The van der Waals surface area contributed by atoms with Crippen molar-refractivity contribution in [2.75, 3.05) is 16.2 Å². The Morgan fingerprint density at radius 1 is 1.44 bits per heavy atom. The molecule has 0 saturated heterocycles. The molecule has 0 unspecified atom stereocenters. The maximum Gasteiger partial charge on any atom is 0.233 e. The van der Waals surface area contributed by atoms with Crippen LogP contribution in [0.1, 0.15) is 13.8 Å². The zero-order chi connectivity index (χ0) is 12.3. The van der Waals surface area contributed by atoms with Crippen molar-refractivity contribution in [2.45, 2.75) is 13.8 Å². The molecule has 0 aliphatic rings. The monoisotopic (exact) mass is 244 g/mol. The lowest BCUT2D eigenvalue weighted by Gasteiger charge is -2.11. The maximum absolute atomic E-state index is 11.6. The Hall–Kier alpha value is -1.43. The summed E-state index contributed by atoms with van der Waals surface area (Å²) in [6.45, 7) is 3.64. The molecule has 90 valence electrons. The quantitative estimate of drug-likeness (QED) is 0.551. The van der Waals surface area contributed by atoms with E-state index >= 15 is 0 Å². The molecule has 0 atom stereocenters. The Morgan fingerprint density at radius 3 is 2.56 bits per heavy atom. The molecule has 1 aromatic rings. The van der Waals surface area contributed by atoms with Gasteiger partial charge in [-0.25, -0.2) is 8.42 Å². The third-order valence-corrected chi connectivity index (χ3v) is 3.49. The summed E-state index contributed by atoms with van der Waals surface area (Å²) in [6, 6.07) is 4.11. The number of rotatable bonds is 4. The summed E-state index contributed by atoms with van der Waals surface area (Å²) < 4.78 is 25.6. The highest BCUT2D eigenvalue weighted by atomic mass is 32.2. The number of phenolic OH excluding ortho intramolecular Hbond substituents is 1. The van der Waals surface area contributed by atoms with Gasteiger partial charge in [0.05, 0.1) is 17.1 Å². The summed E-state index contributed by atoms with van der Waals surface area (Å²) in [5.41, 5.74) is 6.06. The van der Waals surface area contributed by atoms with Gasteiger partial charge in [0, 0.05) is 6.07 Å². The van der Waals surface area contributed by atoms with Crippen LogP contribution in [0.2, 0.25) is 0 Å². The molecule has 0 aromatic heterocycles. The average molecular weight is 244 g/mol. The first-order valence-corrected chi connectivity index (χ1v) is 6.54. The van der Waals surface area contributed by atoms with Gasteiger partial charge in [-0.3, -0.25) is 4.72 Å². The fourth-order valence-corrected chi connectivity index (χ4v) is 2.77. The van der Waals surface area contributed by atoms with E-state index in [1.807, 2.05) is 13.8 Å². The van der Waals surface area contributed by atoms with Crippen LogP contribution >= 0.6 is 0 Å². The molecule has 1 rings (SSSR count). The molecule has 0 spiro atoms. The van der Waals surface area contributed by atoms with E-state index in [4.69, 9.17) is 10.8 Å². The Labute approximate surface area is 95.3 Å². The van der Waals surface area contributed by atoms with E-state index < -0.39 is 10.0 Å². The first kappa shape index (κ1) is 12.6. The first-order chi connectivity index (χ1) is 7.30. The number of aromatic hydroxyl groups is 1. The molecule has 4 N–H and O–H groups in total. The summed E-state index contributed by atoms with van der Waals surface area (Å²) in [6.07, 6.45) is 0. The number of hydrogen-bond acceptors (Lipinski definition) is 4. The predicted molar refractivity (Wildman–Crippen MR) is 64.8 cm³/mol. The van der Waals surface area contributed by atoms with Crippen molar-refractivity contribution in [1.29, 1.82) is 0 Å². The van der Waals surface area contributed by atoms with Crippen molar-refractivity contribution < 1.29 is 13.5 Å². The number of nitrogens with one attached hydrogen (secondary N) is 1. The van der Waals surface area contributed by atoms with Gasteiger partial charge in [-0.05, 0) is 18.1 Å². The number of phenols is 1. The molecule has 16 heavy (non-hydrogen) atoms. The van der Waals surface area contributed by atoms with Crippen molar-refractivity contribution in [1.82, 2.24) is 0 Å². The Balaban J connectivity index is 2.88. The van der Waals surface area contributed by atoms with E-state index in [2.05, 4.69) is 4.72 Å². The van der Waals surface area contributed by atoms with E-state index in [1.165, 1.54) is 18.2 Å². The van der Waals surface area contributed by atoms with E-state index in [1.54, 1.807) is 0 Å². The minimum absolute atomic E-state index is 0.00399. The second-order valence-corrected chi connectivity index (χ2v) is 5.82. The van der Waals surface area contributed by atoms with Crippen molar-refractivity contribution in [3.63, 3.8) is 0 Å². The Kier molecular flexibility index (Phi) is 3.64. The summed E-state index contributed by atoms with van der Waals surface area (Å²) >= 11 is 0. The van der Waals surface area contributed by atoms with Gasteiger partial charge in [0.25, 0.3) is 0 Å². The van der Waals surface area contributed by atoms with Crippen molar-refractivity contribution in [3.05, 3.63) is 18.2 Å².